The second-order valence-electron chi connectivity index (χ2n) is 7.19. The summed E-state index contributed by atoms with van der Waals surface area (Å²) in [6, 6.07) is 18.1. The van der Waals surface area contributed by atoms with Crippen LogP contribution in [-0.4, -0.2) is 13.4 Å². The number of nitrogens with one attached hydrogen (secondary N) is 2. The number of sulfonamides is 1. The minimum atomic E-state index is -3.74. The second-order valence-corrected chi connectivity index (χ2v) is 9.16. The van der Waals surface area contributed by atoms with Crippen molar-refractivity contribution in [2.24, 2.45) is 5.14 Å². The molecular formula is C23H17ClFN5O2S. The van der Waals surface area contributed by atoms with Crippen LogP contribution in [0, 0.1) is 17.1 Å². The highest BCUT2D eigenvalue weighted by molar-refractivity contribution is 7.89. The summed E-state index contributed by atoms with van der Waals surface area (Å²) in [5.74, 6) is -0.536. The van der Waals surface area contributed by atoms with E-state index in [9.17, 15) is 18.1 Å². The quantitative estimate of drug-likeness (QED) is 0.360. The number of nitrogens with two attached hydrogens (primary N) is 1. The Morgan fingerprint density at radius 2 is 1.79 bits per heavy atom. The van der Waals surface area contributed by atoms with Crippen molar-refractivity contribution in [2.75, 3.05) is 10.6 Å². The van der Waals surface area contributed by atoms with Gasteiger partial charge in [-0.25, -0.2) is 17.9 Å². The van der Waals surface area contributed by atoms with Crippen LogP contribution in [-0.2, 0) is 16.6 Å². The lowest BCUT2D eigenvalue weighted by atomic mass is 10.1. The maximum absolute atomic E-state index is 13.5. The molecule has 0 atom stereocenters. The first-order chi connectivity index (χ1) is 15.7. The lowest BCUT2D eigenvalue weighted by Crippen LogP contribution is -2.12. The number of nitrogens with zero attached hydrogens (tertiary/aromatic N) is 2. The third-order valence-corrected chi connectivity index (χ3v) is 6.14. The predicted octanol–water partition coefficient (Wildman–Crippen LogP) is 4.90. The van der Waals surface area contributed by atoms with Gasteiger partial charge in [0.1, 0.15) is 11.9 Å². The summed E-state index contributed by atoms with van der Waals surface area (Å²) in [6.07, 6.45) is 1.47. The largest absolute Gasteiger partial charge is 0.381 e. The van der Waals surface area contributed by atoms with E-state index in [0.29, 0.717) is 34.4 Å². The van der Waals surface area contributed by atoms with Gasteiger partial charge in [-0.05, 0) is 54.1 Å². The molecule has 4 aromatic rings. The second kappa shape index (κ2) is 9.03. The van der Waals surface area contributed by atoms with E-state index in [1.54, 1.807) is 12.1 Å². The van der Waals surface area contributed by atoms with Gasteiger partial charge in [0.2, 0.25) is 10.0 Å². The van der Waals surface area contributed by atoms with Crippen molar-refractivity contribution in [3.05, 3.63) is 88.8 Å². The minimum absolute atomic E-state index is 0.0346. The van der Waals surface area contributed by atoms with Crippen LogP contribution in [0.2, 0.25) is 5.02 Å². The average Bonchev–Trinajstić information content (AvgIpc) is 2.80. The van der Waals surface area contributed by atoms with Crippen LogP contribution in [0.4, 0.5) is 21.5 Å². The van der Waals surface area contributed by atoms with Crippen LogP contribution >= 0.6 is 11.6 Å². The molecule has 0 fully saturated rings. The molecule has 0 saturated carbocycles. The molecule has 0 aliphatic rings. The maximum atomic E-state index is 13.5. The predicted molar refractivity (Wildman–Crippen MR) is 126 cm³/mol. The highest BCUT2D eigenvalue weighted by atomic mass is 35.5. The summed E-state index contributed by atoms with van der Waals surface area (Å²) in [5.41, 5.74) is 3.64. The van der Waals surface area contributed by atoms with Gasteiger partial charge in [0.15, 0.2) is 0 Å². The molecule has 0 bridgehead atoms. The minimum Gasteiger partial charge on any atom is -0.381 e. The molecule has 166 valence electrons. The molecule has 10 heteroatoms. The van der Waals surface area contributed by atoms with Crippen LogP contribution in [0.15, 0.2) is 71.8 Å². The third-order valence-electron chi connectivity index (χ3n) is 4.93. The van der Waals surface area contributed by atoms with Crippen molar-refractivity contribution in [2.45, 2.75) is 11.4 Å². The van der Waals surface area contributed by atoms with Crippen LogP contribution in [0.5, 0.6) is 0 Å². The van der Waals surface area contributed by atoms with Crippen molar-refractivity contribution < 1.29 is 12.8 Å². The van der Waals surface area contributed by atoms with Crippen molar-refractivity contribution in [3.8, 4) is 6.07 Å². The van der Waals surface area contributed by atoms with Crippen LogP contribution in [0.25, 0.3) is 10.9 Å². The molecule has 0 spiro atoms. The van der Waals surface area contributed by atoms with E-state index in [1.807, 2.05) is 18.2 Å². The van der Waals surface area contributed by atoms with E-state index >= 15 is 0 Å². The number of pyridine rings is 1. The molecule has 0 unspecified atom stereocenters. The van der Waals surface area contributed by atoms with Crippen molar-refractivity contribution in [3.63, 3.8) is 0 Å². The Morgan fingerprint density at radius 3 is 2.45 bits per heavy atom. The van der Waals surface area contributed by atoms with E-state index in [-0.39, 0.29) is 9.92 Å². The normalized spacial score (nSPS) is 11.2. The van der Waals surface area contributed by atoms with Crippen molar-refractivity contribution in [1.29, 1.82) is 5.26 Å². The maximum Gasteiger partial charge on any atom is 0.238 e. The standard InChI is InChI=1S/C23H17ClFN5O2S/c24-20-10-17(3-7-21(20)25)30-23-15(11-26)13-29-22-8-4-16(9-19(22)23)28-12-14-1-5-18(6-2-14)33(27,31)32/h1-10,13,28H,12H2,(H,29,30)(H2,27,31,32). The van der Waals surface area contributed by atoms with Gasteiger partial charge in [-0.15, -0.1) is 0 Å². The molecule has 0 amide bonds. The molecule has 1 aromatic heterocycles. The first kappa shape index (κ1) is 22.5. The Morgan fingerprint density at radius 1 is 1.06 bits per heavy atom. The summed E-state index contributed by atoms with van der Waals surface area (Å²) < 4.78 is 36.3. The van der Waals surface area contributed by atoms with Crippen LogP contribution in [0.1, 0.15) is 11.1 Å². The smallest absolute Gasteiger partial charge is 0.238 e. The van der Waals surface area contributed by atoms with Gasteiger partial charge in [-0.2, -0.15) is 5.26 Å². The van der Waals surface area contributed by atoms with Gasteiger partial charge in [0, 0.05) is 29.5 Å². The molecule has 0 aliphatic heterocycles. The number of nitriles is 1. The summed E-state index contributed by atoms with van der Waals surface area (Å²) in [6.45, 7) is 0.429. The Balaban J connectivity index is 1.63. The third kappa shape index (κ3) is 5.04. The van der Waals surface area contributed by atoms with Crippen LogP contribution in [0.3, 0.4) is 0 Å². The Kier molecular flexibility index (Phi) is 6.16. The number of hydrogen-bond acceptors (Lipinski definition) is 6. The van der Waals surface area contributed by atoms with E-state index in [1.165, 1.54) is 36.5 Å². The van der Waals surface area contributed by atoms with E-state index < -0.39 is 15.8 Å². The first-order valence-electron chi connectivity index (χ1n) is 9.65. The zero-order chi connectivity index (χ0) is 23.6. The van der Waals surface area contributed by atoms with E-state index in [0.717, 1.165) is 11.3 Å². The van der Waals surface area contributed by atoms with Gasteiger partial charge in [-0.1, -0.05) is 23.7 Å². The molecule has 0 aliphatic carbocycles. The van der Waals surface area contributed by atoms with Crippen molar-refractivity contribution >= 4 is 49.6 Å². The molecule has 1 heterocycles. The summed E-state index contributed by atoms with van der Waals surface area (Å²) in [7, 11) is -3.74. The zero-order valence-corrected chi connectivity index (χ0v) is 18.6. The Hall–Kier alpha value is -3.71. The number of rotatable bonds is 6. The van der Waals surface area contributed by atoms with Crippen molar-refractivity contribution in [1.82, 2.24) is 4.98 Å². The molecule has 33 heavy (non-hydrogen) atoms. The van der Waals surface area contributed by atoms with Gasteiger partial charge in [0.05, 0.1) is 26.7 Å². The fourth-order valence-corrected chi connectivity index (χ4v) is 3.94. The SMILES string of the molecule is N#Cc1cnc2ccc(NCc3ccc(S(N)(=O)=O)cc3)cc2c1Nc1ccc(F)c(Cl)c1. The molecule has 4 N–H and O–H groups in total. The van der Waals surface area contributed by atoms with Gasteiger partial charge in [0.25, 0.3) is 0 Å². The summed E-state index contributed by atoms with van der Waals surface area (Å²) in [5, 5.41) is 21.8. The number of fused-ring (bicyclic) bond motifs is 1. The van der Waals surface area contributed by atoms with E-state index in [4.69, 9.17) is 16.7 Å². The molecule has 0 radical (unpaired) electrons. The highest BCUT2D eigenvalue weighted by Crippen LogP contribution is 2.32. The molecular weight excluding hydrogens is 465 g/mol. The molecule has 4 rings (SSSR count). The van der Waals surface area contributed by atoms with E-state index in [2.05, 4.69) is 21.7 Å². The van der Waals surface area contributed by atoms with Gasteiger partial charge >= 0.3 is 0 Å². The monoisotopic (exact) mass is 481 g/mol. The average molecular weight is 482 g/mol. The number of benzene rings is 3. The van der Waals surface area contributed by atoms with Crippen LogP contribution < -0.4 is 15.8 Å². The lowest BCUT2D eigenvalue weighted by Gasteiger charge is -2.14. The zero-order valence-electron chi connectivity index (χ0n) is 17.0. The Bertz CT molecular complexity index is 1500. The van der Waals surface area contributed by atoms with Gasteiger partial charge < -0.3 is 10.6 Å². The number of aromatic nitrogens is 1. The number of halogens is 2. The Labute approximate surface area is 194 Å². The number of anilines is 3. The lowest BCUT2D eigenvalue weighted by molar-refractivity contribution is 0.597. The topological polar surface area (TPSA) is 121 Å². The molecule has 7 nitrogen and oxygen atoms in total. The summed E-state index contributed by atoms with van der Waals surface area (Å²) >= 11 is 5.89. The first-order valence-corrected chi connectivity index (χ1v) is 11.6. The number of hydrogen-bond donors (Lipinski definition) is 3. The molecule has 3 aromatic carbocycles. The molecule has 0 saturated heterocycles. The van der Waals surface area contributed by atoms with Gasteiger partial charge in [-0.3, -0.25) is 4.98 Å². The summed E-state index contributed by atoms with van der Waals surface area (Å²) in [4.78, 5) is 4.38. The number of primary sulfonamides is 1. The highest BCUT2D eigenvalue weighted by Gasteiger charge is 2.12. The fraction of sp³-hybridized carbons (Fsp3) is 0.0435. The fourth-order valence-electron chi connectivity index (χ4n) is 3.24.